The fourth-order valence-electron chi connectivity index (χ4n) is 2.56. The average Bonchev–Trinajstić information content (AvgIpc) is 3.28. The molecule has 0 amide bonds. The average molecular weight is 306 g/mol. The summed E-state index contributed by atoms with van der Waals surface area (Å²) in [6.07, 6.45) is 2.59. The lowest BCUT2D eigenvalue weighted by Crippen LogP contribution is -2.23. The van der Waals surface area contributed by atoms with Gasteiger partial charge in [-0.25, -0.2) is 0 Å². The quantitative estimate of drug-likeness (QED) is 0.797. The molecule has 0 radical (unpaired) electrons. The molecule has 2 aromatic carbocycles. The maximum Gasteiger partial charge on any atom is 0.0465 e. The molecule has 0 heterocycles. The third-order valence-electron chi connectivity index (χ3n) is 3.81. The van der Waals surface area contributed by atoms with E-state index >= 15 is 0 Å². The van der Waals surface area contributed by atoms with Crippen LogP contribution in [0.25, 0.3) is 0 Å². The molecule has 1 atom stereocenters. The zero-order valence-corrected chi connectivity index (χ0v) is 12.7. The first kappa shape index (κ1) is 13.9. The van der Waals surface area contributed by atoms with Gasteiger partial charge in [-0.15, -0.1) is 0 Å². The standard InChI is InChI=1S/C17H17Cl2N/c18-15-7-4-8-16(19)14(15)11-20-17(13-9-10-13)12-5-2-1-3-6-12/h1-8,13,17,20H,9-11H2. The van der Waals surface area contributed by atoms with E-state index in [0.717, 1.165) is 21.5 Å². The molecule has 1 N–H and O–H groups in total. The molecule has 1 aliphatic rings. The predicted octanol–water partition coefficient (Wildman–Crippen LogP) is 5.23. The van der Waals surface area contributed by atoms with E-state index in [9.17, 15) is 0 Å². The second kappa shape index (κ2) is 6.17. The van der Waals surface area contributed by atoms with Crippen molar-refractivity contribution in [3.05, 3.63) is 69.7 Å². The summed E-state index contributed by atoms with van der Waals surface area (Å²) in [7, 11) is 0. The Morgan fingerprint density at radius 3 is 2.20 bits per heavy atom. The van der Waals surface area contributed by atoms with E-state index in [1.807, 2.05) is 18.2 Å². The van der Waals surface area contributed by atoms with Crippen LogP contribution in [-0.4, -0.2) is 0 Å². The van der Waals surface area contributed by atoms with Crippen molar-refractivity contribution >= 4 is 23.2 Å². The van der Waals surface area contributed by atoms with Crippen molar-refractivity contribution in [3.63, 3.8) is 0 Å². The Morgan fingerprint density at radius 1 is 0.950 bits per heavy atom. The van der Waals surface area contributed by atoms with Crippen molar-refractivity contribution in [2.45, 2.75) is 25.4 Å². The van der Waals surface area contributed by atoms with Crippen LogP contribution < -0.4 is 5.32 Å². The van der Waals surface area contributed by atoms with E-state index in [0.29, 0.717) is 12.6 Å². The maximum absolute atomic E-state index is 6.23. The molecule has 1 nitrogen and oxygen atoms in total. The number of nitrogens with one attached hydrogen (secondary N) is 1. The van der Waals surface area contributed by atoms with Crippen LogP contribution in [0.1, 0.15) is 30.0 Å². The monoisotopic (exact) mass is 305 g/mol. The summed E-state index contributed by atoms with van der Waals surface area (Å²) < 4.78 is 0. The molecule has 2 aromatic rings. The van der Waals surface area contributed by atoms with Crippen molar-refractivity contribution in [2.75, 3.05) is 0 Å². The van der Waals surface area contributed by atoms with Crippen LogP contribution in [0.5, 0.6) is 0 Å². The zero-order valence-electron chi connectivity index (χ0n) is 11.2. The highest BCUT2D eigenvalue weighted by molar-refractivity contribution is 6.35. The van der Waals surface area contributed by atoms with Crippen LogP contribution in [0, 0.1) is 5.92 Å². The SMILES string of the molecule is Clc1cccc(Cl)c1CNC(c1ccccc1)C1CC1. The minimum absolute atomic E-state index is 0.392. The highest BCUT2D eigenvalue weighted by atomic mass is 35.5. The Labute approximate surface area is 129 Å². The lowest BCUT2D eigenvalue weighted by Gasteiger charge is -2.19. The van der Waals surface area contributed by atoms with Crippen LogP contribution in [0.2, 0.25) is 10.0 Å². The van der Waals surface area contributed by atoms with Crippen LogP contribution in [0.4, 0.5) is 0 Å². The number of halogens is 2. The van der Waals surface area contributed by atoms with Gasteiger partial charge in [0.15, 0.2) is 0 Å². The van der Waals surface area contributed by atoms with Crippen LogP contribution in [0.15, 0.2) is 48.5 Å². The lowest BCUT2D eigenvalue weighted by atomic mass is 10.0. The number of benzene rings is 2. The Kier molecular flexibility index (Phi) is 4.30. The molecule has 1 unspecified atom stereocenters. The fraction of sp³-hybridized carbons (Fsp3) is 0.294. The first-order chi connectivity index (χ1) is 9.75. The smallest absolute Gasteiger partial charge is 0.0465 e. The van der Waals surface area contributed by atoms with Gasteiger partial charge in [-0.05, 0) is 36.5 Å². The maximum atomic E-state index is 6.23. The van der Waals surface area contributed by atoms with E-state index in [1.54, 1.807) is 0 Å². The minimum atomic E-state index is 0.392. The normalized spacial score (nSPS) is 16.1. The molecule has 0 aromatic heterocycles. The molecule has 1 saturated carbocycles. The molecule has 0 spiro atoms. The van der Waals surface area contributed by atoms with Gasteiger partial charge >= 0.3 is 0 Å². The summed E-state index contributed by atoms with van der Waals surface area (Å²) >= 11 is 12.5. The van der Waals surface area contributed by atoms with Gasteiger partial charge in [-0.3, -0.25) is 0 Å². The van der Waals surface area contributed by atoms with Crippen molar-refractivity contribution in [1.29, 1.82) is 0 Å². The summed E-state index contributed by atoms with van der Waals surface area (Å²) in [6.45, 7) is 0.703. The van der Waals surface area contributed by atoms with Gasteiger partial charge in [0.2, 0.25) is 0 Å². The van der Waals surface area contributed by atoms with Gasteiger partial charge in [0.1, 0.15) is 0 Å². The van der Waals surface area contributed by atoms with E-state index in [4.69, 9.17) is 23.2 Å². The molecule has 20 heavy (non-hydrogen) atoms. The van der Waals surface area contributed by atoms with Gasteiger partial charge in [-0.1, -0.05) is 59.6 Å². The second-order valence-corrected chi connectivity index (χ2v) is 6.12. The highest BCUT2D eigenvalue weighted by Crippen LogP contribution is 2.41. The summed E-state index contributed by atoms with van der Waals surface area (Å²) in [4.78, 5) is 0. The van der Waals surface area contributed by atoms with E-state index in [1.165, 1.54) is 18.4 Å². The Bertz CT molecular complexity index is 559. The highest BCUT2D eigenvalue weighted by Gasteiger charge is 2.31. The van der Waals surface area contributed by atoms with Gasteiger partial charge < -0.3 is 5.32 Å². The molecule has 104 valence electrons. The molecule has 1 fully saturated rings. The molecule has 0 saturated heterocycles. The minimum Gasteiger partial charge on any atom is -0.306 e. The zero-order chi connectivity index (χ0) is 13.9. The van der Waals surface area contributed by atoms with Crippen molar-refractivity contribution in [1.82, 2.24) is 5.32 Å². The van der Waals surface area contributed by atoms with Gasteiger partial charge in [0.05, 0.1) is 0 Å². The molecule has 0 bridgehead atoms. The number of hydrogen-bond donors (Lipinski definition) is 1. The van der Waals surface area contributed by atoms with Crippen LogP contribution in [0.3, 0.4) is 0 Å². The van der Waals surface area contributed by atoms with Gasteiger partial charge in [0, 0.05) is 28.2 Å². The molecule has 0 aliphatic heterocycles. The van der Waals surface area contributed by atoms with E-state index in [2.05, 4.69) is 35.6 Å². The summed E-state index contributed by atoms with van der Waals surface area (Å²) in [6, 6.07) is 16.7. The van der Waals surface area contributed by atoms with Crippen LogP contribution in [-0.2, 0) is 6.54 Å². The lowest BCUT2D eigenvalue weighted by molar-refractivity contribution is 0.480. The van der Waals surface area contributed by atoms with Crippen molar-refractivity contribution < 1.29 is 0 Å². The fourth-order valence-corrected chi connectivity index (χ4v) is 3.09. The summed E-state index contributed by atoms with van der Waals surface area (Å²) in [5.74, 6) is 0.735. The molecule has 3 heteroatoms. The topological polar surface area (TPSA) is 12.0 Å². The van der Waals surface area contributed by atoms with Crippen LogP contribution >= 0.6 is 23.2 Å². The third-order valence-corrected chi connectivity index (χ3v) is 4.52. The Hall–Kier alpha value is -1.02. The van der Waals surface area contributed by atoms with E-state index in [-0.39, 0.29) is 0 Å². The first-order valence-electron chi connectivity index (χ1n) is 6.97. The second-order valence-electron chi connectivity index (χ2n) is 5.31. The number of rotatable bonds is 5. The molecule has 1 aliphatic carbocycles. The molecule has 3 rings (SSSR count). The van der Waals surface area contributed by atoms with E-state index < -0.39 is 0 Å². The largest absolute Gasteiger partial charge is 0.306 e. The summed E-state index contributed by atoms with van der Waals surface area (Å²) in [5.41, 5.74) is 2.33. The Morgan fingerprint density at radius 2 is 1.60 bits per heavy atom. The Balaban J connectivity index is 1.75. The van der Waals surface area contributed by atoms with Gasteiger partial charge in [0.25, 0.3) is 0 Å². The number of hydrogen-bond acceptors (Lipinski definition) is 1. The predicted molar refractivity (Wildman–Crippen MR) is 85.2 cm³/mol. The van der Waals surface area contributed by atoms with Gasteiger partial charge in [-0.2, -0.15) is 0 Å². The first-order valence-corrected chi connectivity index (χ1v) is 7.72. The summed E-state index contributed by atoms with van der Waals surface area (Å²) in [5, 5.41) is 5.09. The van der Waals surface area contributed by atoms with Crippen molar-refractivity contribution in [2.24, 2.45) is 5.92 Å². The van der Waals surface area contributed by atoms with Crippen molar-refractivity contribution in [3.8, 4) is 0 Å². The third kappa shape index (κ3) is 3.17. The molecular formula is C17H17Cl2N. The molecular weight excluding hydrogens is 289 g/mol.